The summed E-state index contributed by atoms with van der Waals surface area (Å²) in [5, 5.41) is 6.07. The van der Waals surface area contributed by atoms with Crippen molar-refractivity contribution in [3.05, 3.63) is 58.0 Å². The van der Waals surface area contributed by atoms with Gasteiger partial charge in [0.1, 0.15) is 5.76 Å². The Labute approximate surface area is 128 Å². The first-order chi connectivity index (χ1) is 10.3. The number of aromatic nitrogens is 1. The lowest BCUT2D eigenvalue weighted by atomic mass is 9.98. The van der Waals surface area contributed by atoms with E-state index in [1.54, 1.807) is 11.3 Å². The largest absolute Gasteiger partial charge is 0.380 e. The Morgan fingerprint density at radius 1 is 1.14 bits per heavy atom. The lowest BCUT2D eigenvalue weighted by molar-refractivity contribution is 0.384. The number of aryl methyl sites for hydroxylation is 3. The summed E-state index contributed by atoms with van der Waals surface area (Å²) in [6, 6.07) is 12.5. The SMILES string of the molecule is Cc1ccccc1-c1c(N)noc1CCCc1cccs1. The second kappa shape index (κ2) is 6.14. The van der Waals surface area contributed by atoms with Gasteiger partial charge in [0.2, 0.25) is 0 Å². The molecule has 0 aliphatic carbocycles. The average molecular weight is 298 g/mol. The minimum absolute atomic E-state index is 0.482. The number of nitrogen functional groups attached to an aromatic ring is 1. The van der Waals surface area contributed by atoms with Crippen LogP contribution < -0.4 is 5.73 Å². The van der Waals surface area contributed by atoms with Crippen LogP contribution in [0, 0.1) is 6.92 Å². The summed E-state index contributed by atoms with van der Waals surface area (Å²) in [6.45, 7) is 2.08. The van der Waals surface area contributed by atoms with Gasteiger partial charge >= 0.3 is 0 Å². The maximum Gasteiger partial charge on any atom is 0.175 e. The van der Waals surface area contributed by atoms with Crippen molar-refractivity contribution in [3.8, 4) is 11.1 Å². The van der Waals surface area contributed by atoms with Gasteiger partial charge in [-0.2, -0.15) is 0 Å². The van der Waals surface area contributed by atoms with Gasteiger partial charge in [-0.1, -0.05) is 35.5 Å². The normalized spacial score (nSPS) is 10.9. The van der Waals surface area contributed by atoms with E-state index in [4.69, 9.17) is 10.3 Å². The number of anilines is 1. The van der Waals surface area contributed by atoms with E-state index in [0.29, 0.717) is 5.82 Å². The van der Waals surface area contributed by atoms with Crippen molar-refractivity contribution in [2.24, 2.45) is 0 Å². The maximum absolute atomic E-state index is 6.01. The molecule has 3 nitrogen and oxygen atoms in total. The Morgan fingerprint density at radius 3 is 2.76 bits per heavy atom. The molecule has 0 atom stereocenters. The summed E-state index contributed by atoms with van der Waals surface area (Å²) in [6.07, 6.45) is 2.95. The van der Waals surface area contributed by atoms with Gasteiger partial charge in [0, 0.05) is 11.3 Å². The third-order valence-electron chi connectivity index (χ3n) is 3.61. The summed E-state index contributed by atoms with van der Waals surface area (Å²) in [7, 11) is 0. The van der Waals surface area contributed by atoms with Crippen LogP contribution in [0.3, 0.4) is 0 Å². The molecule has 0 amide bonds. The van der Waals surface area contributed by atoms with Gasteiger partial charge in [-0.3, -0.25) is 0 Å². The molecule has 0 fully saturated rings. The number of hydrogen-bond acceptors (Lipinski definition) is 4. The number of nitrogens with zero attached hydrogens (tertiary/aromatic N) is 1. The summed E-state index contributed by atoms with van der Waals surface area (Å²) >= 11 is 1.80. The number of nitrogens with two attached hydrogens (primary N) is 1. The lowest BCUT2D eigenvalue weighted by Gasteiger charge is -2.06. The van der Waals surface area contributed by atoms with Gasteiger partial charge < -0.3 is 10.3 Å². The summed E-state index contributed by atoms with van der Waals surface area (Å²) < 4.78 is 5.45. The van der Waals surface area contributed by atoms with Crippen molar-refractivity contribution < 1.29 is 4.52 Å². The molecule has 0 saturated carbocycles. The van der Waals surface area contributed by atoms with Crippen LogP contribution in [0.1, 0.15) is 22.6 Å². The van der Waals surface area contributed by atoms with Gasteiger partial charge in [0.25, 0.3) is 0 Å². The van der Waals surface area contributed by atoms with E-state index < -0.39 is 0 Å². The van der Waals surface area contributed by atoms with Crippen LogP contribution in [0.5, 0.6) is 0 Å². The second-order valence-electron chi connectivity index (χ2n) is 5.11. The molecule has 0 spiro atoms. The fourth-order valence-corrected chi connectivity index (χ4v) is 3.28. The molecule has 4 heteroatoms. The van der Waals surface area contributed by atoms with Crippen molar-refractivity contribution in [3.63, 3.8) is 0 Å². The monoisotopic (exact) mass is 298 g/mol. The minimum Gasteiger partial charge on any atom is -0.380 e. The van der Waals surface area contributed by atoms with Crippen molar-refractivity contribution >= 4 is 17.2 Å². The molecule has 0 radical (unpaired) electrons. The zero-order valence-corrected chi connectivity index (χ0v) is 12.8. The van der Waals surface area contributed by atoms with Crippen LogP contribution in [0.15, 0.2) is 46.3 Å². The molecule has 2 aromatic heterocycles. The average Bonchev–Trinajstić information content (AvgIpc) is 3.11. The number of hydrogen-bond donors (Lipinski definition) is 1. The van der Waals surface area contributed by atoms with E-state index in [2.05, 4.69) is 41.7 Å². The minimum atomic E-state index is 0.482. The quantitative estimate of drug-likeness (QED) is 0.756. The standard InChI is InChI=1S/C17H18N2OS/c1-12-6-2-3-9-14(12)16-15(20-19-17(16)18)10-4-7-13-8-5-11-21-13/h2-3,5-6,8-9,11H,4,7,10H2,1H3,(H2,18,19). The third-order valence-corrected chi connectivity index (χ3v) is 4.55. The molecule has 2 N–H and O–H groups in total. The van der Waals surface area contributed by atoms with Crippen LogP contribution in [0.4, 0.5) is 5.82 Å². The Kier molecular flexibility index (Phi) is 4.06. The van der Waals surface area contributed by atoms with Gasteiger partial charge in [-0.15, -0.1) is 11.3 Å². The van der Waals surface area contributed by atoms with Crippen LogP contribution in [0.2, 0.25) is 0 Å². The molecule has 1 aromatic carbocycles. The zero-order valence-electron chi connectivity index (χ0n) is 12.0. The highest BCUT2D eigenvalue weighted by atomic mass is 32.1. The molecule has 2 heterocycles. The predicted molar refractivity (Wildman–Crippen MR) is 87.4 cm³/mol. The molecule has 0 saturated heterocycles. The van der Waals surface area contributed by atoms with Crippen LogP contribution in [-0.2, 0) is 12.8 Å². The highest BCUT2D eigenvalue weighted by molar-refractivity contribution is 7.09. The van der Waals surface area contributed by atoms with Crippen molar-refractivity contribution in [2.45, 2.75) is 26.2 Å². The molecule has 21 heavy (non-hydrogen) atoms. The van der Waals surface area contributed by atoms with E-state index in [1.165, 1.54) is 10.4 Å². The maximum atomic E-state index is 6.01. The second-order valence-corrected chi connectivity index (χ2v) is 6.15. The van der Waals surface area contributed by atoms with E-state index in [-0.39, 0.29) is 0 Å². The highest BCUT2D eigenvalue weighted by Crippen LogP contribution is 2.32. The molecule has 0 aliphatic rings. The Bertz CT molecular complexity index is 716. The molecule has 108 valence electrons. The highest BCUT2D eigenvalue weighted by Gasteiger charge is 2.16. The molecule has 0 bridgehead atoms. The molecule has 0 unspecified atom stereocenters. The topological polar surface area (TPSA) is 52.0 Å². The van der Waals surface area contributed by atoms with E-state index >= 15 is 0 Å². The lowest BCUT2D eigenvalue weighted by Crippen LogP contribution is -1.94. The van der Waals surface area contributed by atoms with E-state index in [0.717, 1.165) is 36.1 Å². The summed E-state index contributed by atoms with van der Waals surface area (Å²) in [5.41, 5.74) is 9.26. The van der Waals surface area contributed by atoms with Crippen molar-refractivity contribution in [1.82, 2.24) is 5.16 Å². The first-order valence-electron chi connectivity index (χ1n) is 7.08. The fraction of sp³-hybridized carbons (Fsp3) is 0.235. The van der Waals surface area contributed by atoms with Gasteiger partial charge in [-0.05, 0) is 42.3 Å². The van der Waals surface area contributed by atoms with Crippen molar-refractivity contribution in [1.29, 1.82) is 0 Å². The van der Waals surface area contributed by atoms with Crippen LogP contribution >= 0.6 is 11.3 Å². The predicted octanol–water partition coefficient (Wildman–Crippen LogP) is 4.47. The van der Waals surface area contributed by atoms with Crippen molar-refractivity contribution in [2.75, 3.05) is 5.73 Å². The molecular weight excluding hydrogens is 280 g/mol. The zero-order chi connectivity index (χ0) is 14.7. The Morgan fingerprint density at radius 2 is 2.00 bits per heavy atom. The molecule has 3 rings (SSSR count). The number of rotatable bonds is 5. The van der Waals surface area contributed by atoms with Crippen LogP contribution in [-0.4, -0.2) is 5.16 Å². The first kappa shape index (κ1) is 13.9. The molecule has 0 aliphatic heterocycles. The third kappa shape index (κ3) is 3.00. The first-order valence-corrected chi connectivity index (χ1v) is 7.96. The summed E-state index contributed by atoms with van der Waals surface area (Å²) in [4.78, 5) is 1.40. The Balaban J connectivity index is 1.79. The number of thiophene rings is 1. The molecular formula is C17H18N2OS. The van der Waals surface area contributed by atoms with E-state index in [9.17, 15) is 0 Å². The smallest absolute Gasteiger partial charge is 0.175 e. The molecule has 3 aromatic rings. The van der Waals surface area contributed by atoms with Crippen LogP contribution in [0.25, 0.3) is 11.1 Å². The number of benzene rings is 1. The van der Waals surface area contributed by atoms with Gasteiger partial charge in [0.05, 0.1) is 5.56 Å². The fourth-order valence-electron chi connectivity index (χ4n) is 2.53. The van der Waals surface area contributed by atoms with E-state index in [1.807, 2.05) is 12.1 Å². The Hall–Kier alpha value is -2.07. The van der Waals surface area contributed by atoms with Gasteiger partial charge in [0.15, 0.2) is 5.82 Å². The van der Waals surface area contributed by atoms with Gasteiger partial charge in [-0.25, -0.2) is 0 Å². The summed E-state index contributed by atoms with van der Waals surface area (Å²) in [5.74, 6) is 1.37.